The van der Waals surface area contributed by atoms with E-state index in [1.807, 2.05) is 13.8 Å². The molecule has 72 valence electrons. The largest absolute Gasteiger partial charge is 0.380 e. The third-order valence-corrected chi connectivity index (χ3v) is 2.22. The highest BCUT2D eigenvalue weighted by Crippen LogP contribution is 2.08. The van der Waals surface area contributed by atoms with Gasteiger partial charge in [-0.2, -0.15) is 4.98 Å². The van der Waals surface area contributed by atoms with E-state index in [0.717, 1.165) is 17.0 Å². The average molecular weight is 182 g/mol. The van der Waals surface area contributed by atoms with Crippen LogP contribution in [0, 0.1) is 13.8 Å². The highest BCUT2D eigenvalue weighted by atomic mass is 16.5. The fourth-order valence-corrected chi connectivity index (χ4v) is 1.25. The summed E-state index contributed by atoms with van der Waals surface area (Å²) < 4.78 is 6.56. The molecular weight excluding hydrogens is 168 g/mol. The minimum atomic E-state index is -0.213. The van der Waals surface area contributed by atoms with E-state index in [-0.39, 0.29) is 5.69 Å². The Morgan fingerprint density at radius 2 is 2.08 bits per heavy atom. The molecule has 1 heterocycles. The maximum atomic E-state index is 11.2. The molecule has 0 aromatic carbocycles. The topological polar surface area (TPSA) is 44.1 Å². The summed E-state index contributed by atoms with van der Waals surface area (Å²) >= 11 is 0. The van der Waals surface area contributed by atoms with Crippen LogP contribution in [0.2, 0.25) is 0 Å². The molecule has 4 nitrogen and oxygen atoms in total. The Hall–Kier alpha value is -1.16. The van der Waals surface area contributed by atoms with Crippen molar-refractivity contribution in [1.82, 2.24) is 9.55 Å². The van der Waals surface area contributed by atoms with Crippen molar-refractivity contribution in [1.29, 1.82) is 0 Å². The van der Waals surface area contributed by atoms with Gasteiger partial charge in [0.2, 0.25) is 0 Å². The number of ether oxygens (including phenoxy) is 1. The lowest BCUT2D eigenvalue weighted by atomic mass is 10.2. The van der Waals surface area contributed by atoms with E-state index in [1.54, 1.807) is 14.2 Å². The smallest absolute Gasteiger partial charge is 0.347 e. The zero-order valence-corrected chi connectivity index (χ0v) is 8.42. The van der Waals surface area contributed by atoms with Crippen LogP contribution < -0.4 is 5.69 Å². The van der Waals surface area contributed by atoms with Gasteiger partial charge in [-0.3, -0.25) is 4.57 Å². The Labute approximate surface area is 77.2 Å². The Morgan fingerprint density at radius 1 is 1.46 bits per heavy atom. The molecule has 0 fully saturated rings. The van der Waals surface area contributed by atoms with E-state index in [0.29, 0.717) is 6.61 Å². The van der Waals surface area contributed by atoms with Gasteiger partial charge in [0.1, 0.15) is 0 Å². The van der Waals surface area contributed by atoms with Crippen molar-refractivity contribution in [2.75, 3.05) is 7.11 Å². The fraction of sp³-hybridized carbons (Fsp3) is 0.556. The van der Waals surface area contributed by atoms with Gasteiger partial charge >= 0.3 is 5.69 Å². The first-order valence-corrected chi connectivity index (χ1v) is 4.10. The SMILES string of the molecule is COCc1c(C)nc(=O)n(C)c1C. The van der Waals surface area contributed by atoms with Crippen LogP contribution in [-0.2, 0) is 18.4 Å². The minimum Gasteiger partial charge on any atom is -0.380 e. The Morgan fingerprint density at radius 3 is 2.62 bits per heavy atom. The summed E-state index contributed by atoms with van der Waals surface area (Å²) in [5.41, 5.74) is 2.45. The lowest BCUT2D eigenvalue weighted by molar-refractivity contribution is 0.182. The molecule has 13 heavy (non-hydrogen) atoms. The van der Waals surface area contributed by atoms with Gasteiger partial charge in [0.15, 0.2) is 0 Å². The first-order chi connectivity index (χ1) is 6.07. The summed E-state index contributed by atoms with van der Waals surface area (Å²) in [7, 11) is 3.34. The number of hydrogen-bond acceptors (Lipinski definition) is 3. The Kier molecular flexibility index (Phi) is 2.83. The van der Waals surface area contributed by atoms with Crippen LogP contribution in [0.15, 0.2) is 4.79 Å². The van der Waals surface area contributed by atoms with Crippen LogP contribution in [0.4, 0.5) is 0 Å². The zero-order valence-electron chi connectivity index (χ0n) is 8.42. The molecule has 1 aromatic rings. The van der Waals surface area contributed by atoms with Crippen molar-refractivity contribution >= 4 is 0 Å². The molecular formula is C9H14N2O2. The summed E-state index contributed by atoms with van der Waals surface area (Å²) in [6.07, 6.45) is 0. The van der Waals surface area contributed by atoms with Gasteiger partial charge in [-0.25, -0.2) is 4.79 Å². The second-order valence-corrected chi connectivity index (χ2v) is 3.04. The number of methoxy groups -OCH3 is 1. The molecule has 0 radical (unpaired) electrons. The average Bonchev–Trinajstić information content (AvgIpc) is 2.09. The molecule has 0 N–H and O–H groups in total. The second kappa shape index (κ2) is 3.70. The van der Waals surface area contributed by atoms with Crippen LogP contribution in [0.1, 0.15) is 17.0 Å². The summed E-state index contributed by atoms with van der Waals surface area (Å²) in [5.74, 6) is 0. The van der Waals surface area contributed by atoms with Crippen LogP contribution in [0.3, 0.4) is 0 Å². The number of nitrogens with zero attached hydrogens (tertiary/aromatic N) is 2. The van der Waals surface area contributed by atoms with E-state index < -0.39 is 0 Å². The van der Waals surface area contributed by atoms with Crippen LogP contribution in [0.5, 0.6) is 0 Å². The van der Waals surface area contributed by atoms with Gasteiger partial charge in [0.25, 0.3) is 0 Å². The van der Waals surface area contributed by atoms with Crippen molar-refractivity contribution < 1.29 is 4.74 Å². The normalized spacial score (nSPS) is 10.5. The van der Waals surface area contributed by atoms with Crippen molar-refractivity contribution in [2.24, 2.45) is 7.05 Å². The fourth-order valence-electron chi connectivity index (χ4n) is 1.25. The lowest BCUT2D eigenvalue weighted by Gasteiger charge is -2.10. The highest BCUT2D eigenvalue weighted by molar-refractivity contribution is 5.22. The number of rotatable bonds is 2. The van der Waals surface area contributed by atoms with Crippen molar-refractivity contribution in [3.8, 4) is 0 Å². The molecule has 0 aliphatic heterocycles. The van der Waals surface area contributed by atoms with Crippen molar-refractivity contribution in [3.63, 3.8) is 0 Å². The first-order valence-electron chi connectivity index (χ1n) is 4.10. The van der Waals surface area contributed by atoms with Crippen LogP contribution in [0.25, 0.3) is 0 Å². The van der Waals surface area contributed by atoms with Gasteiger partial charge in [0, 0.05) is 25.4 Å². The standard InChI is InChI=1S/C9H14N2O2/c1-6-8(5-13-4)7(2)11(3)9(12)10-6/h5H2,1-4H3. The third kappa shape index (κ3) is 1.78. The van der Waals surface area contributed by atoms with Gasteiger partial charge < -0.3 is 4.74 Å². The van der Waals surface area contributed by atoms with Gasteiger partial charge in [-0.1, -0.05) is 0 Å². The van der Waals surface area contributed by atoms with Crippen molar-refractivity contribution in [2.45, 2.75) is 20.5 Å². The minimum absolute atomic E-state index is 0.213. The molecule has 0 spiro atoms. The Bertz CT molecular complexity index is 369. The number of aryl methyl sites for hydroxylation is 1. The number of aromatic nitrogens is 2. The molecule has 1 aromatic heterocycles. The predicted molar refractivity (Wildman–Crippen MR) is 49.7 cm³/mol. The third-order valence-electron chi connectivity index (χ3n) is 2.22. The van der Waals surface area contributed by atoms with Crippen molar-refractivity contribution in [3.05, 3.63) is 27.4 Å². The maximum absolute atomic E-state index is 11.2. The lowest BCUT2D eigenvalue weighted by Crippen LogP contribution is -2.25. The predicted octanol–water partition coefficient (Wildman–Crippen LogP) is 0.544. The van der Waals surface area contributed by atoms with E-state index in [2.05, 4.69) is 4.98 Å². The molecule has 0 aliphatic rings. The molecule has 0 amide bonds. The summed E-state index contributed by atoms with van der Waals surface area (Å²) in [5, 5.41) is 0. The monoisotopic (exact) mass is 182 g/mol. The van der Waals surface area contributed by atoms with E-state index in [4.69, 9.17) is 4.74 Å². The van der Waals surface area contributed by atoms with Gasteiger partial charge in [-0.15, -0.1) is 0 Å². The maximum Gasteiger partial charge on any atom is 0.347 e. The molecule has 0 bridgehead atoms. The van der Waals surface area contributed by atoms with E-state index >= 15 is 0 Å². The first kappa shape index (κ1) is 9.92. The summed E-state index contributed by atoms with van der Waals surface area (Å²) in [4.78, 5) is 15.1. The Balaban J connectivity index is 3.35. The summed E-state index contributed by atoms with van der Waals surface area (Å²) in [6, 6.07) is 0. The van der Waals surface area contributed by atoms with Gasteiger partial charge in [0.05, 0.1) is 12.3 Å². The molecule has 0 atom stereocenters. The van der Waals surface area contributed by atoms with E-state index in [1.165, 1.54) is 4.57 Å². The van der Waals surface area contributed by atoms with Gasteiger partial charge in [-0.05, 0) is 13.8 Å². The quantitative estimate of drug-likeness (QED) is 0.670. The number of hydrogen-bond donors (Lipinski definition) is 0. The van der Waals surface area contributed by atoms with Crippen LogP contribution in [-0.4, -0.2) is 16.7 Å². The second-order valence-electron chi connectivity index (χ2n) is 3.04. The summed E-state index contributed by atoms with van der Waals surface area (Å²) in [6.45, 7) is 4.21. The molecule has 0 saturated heterocycles. The zero-order chi connectivity index (χ0) is 10.0. The molecule has 0 saturated carbocycles. The molecule has 0 aliphatic carbocycles. The van der Waals surface area contributed by atoms with E-state index in [9.17, 15) is 4.79 Å². The molecule has 4 heteroatoms. The molecule has 0 unspecified atom stereocenters. The van der Waals surface area contributed by atoms with Crippen LogP contribution >= 0.6 is 0 Å². The molecule has 1 rings (SSSR count). The highest BCUT2D eigenvalue weighted by Gasteiger charge is 2.07.